The second-order valence-electron chi connectivity index (χ2n) is 6.76. The fourth-order valence-electron chi connectivity index (χ4n) is 4.07. The van der Waals surface area contributed by atoms with E-state index in [1.165, 1.54) is 0 Å². The molecule has 0 heterocycles. The lowest BCUT2D eigenvalue weighted by Gasteiger charge is -2.41. The Kier molecular flexibility index (Phi) is 4.97. The Bertz CT molecular complexity index is 590. The normalized spacial score (nSPS) is 30.1. The zero-order valence-electron chi connectivity index (χ0n) is 13.5. The smallest absolute Gasteiger partial charge is 0.314 e. The SMILES string of the molecule is COC1CCC2C[C@H](C(=O)Oc3ccc(C#N)cc3)CC[C@@H]2C1. The Hall–Kier alpha value is -1.86. The van der Waals surface area contributed by atoms with Gasteiger partial charge in [0, 0.05) is 7.11 Å². The van der Waals surface area contributed by atoms with Gasteiger partial charge in [-0.1, -0.05) is 0 Å². The molecule has 0 aliphatic heterocycles. The molecule has 2 fully saturated rings. The zero-order chi connectivity index (χ0) is 16.2. The summed E-state index contributed by atoms with van der Waals surface area (Å²) in [4.78, 5) is 12.4. The highest BCUT2D eigenvalue weighted by atomic mass is 16.5. The minimum atomic E-state index is -0.123. The summed E-state index contributed by atoms with van der Waals surface area (Å²) in [6.07, 6.45) is 6.75. The van der Waals surface area contributed by atoms with E-state index < -0.39 is 0 Å². The molecule has 0 aromatic heterocycles. The topological polar surface area (TPSA) is 59.3 Å². The first kappa shape index (κ1) is 16.0. The number of benzene rings is 1. The molecule has 3 rings (SSSR count). The van der Waals surface area contributed by atoms with E-state index in [0.717, 1.165) is 38.5 Å². The summed E-state index contributed by atoms with van der Waals surface area (Å²) in [5.41, 5.74) is 0.570. The molecule has 4 nitrogen and oxygen atoms in total. The molecule has 0 saturated heterocycles. The molecular formula is C19H23NO3. The third-order valence-corrected chi connectivity index (χ3v) is 5.43. The molecule has 4 heteroatoms. The van der Waals surface area contributed by atoms with Crippen LogP contribution in [0, 0.1) is 29.1 Å². The summed E-state index contributed by atoms with van der Waals surface area (Å²) >= 11 is 0. The fourth-order valence-corrected chi connectivity index (χ4v) is 4.07. The van der Waals surface area contributed by atoms with E-state index in [2.05, 4.69) is 6.07 Å². The van der Waals surface area contributed by atoms with Crippen molar-refractivity contribution in [3.63, 3.8) is 0 Å². The molecule has 1 aromatic rings. The lowest BCUT2D eigenvalue weighted by atomic mass is 9.67. The van der Waals surface area contributed by atoms with Crippen LogP contribution in [0.1, 0.15) is 44.1 Å². The van der Waals surface area contributed by atoms with Gasteiger partial charge < -0.3 is 9.47 Å². The van der Waals surface area contributed by atoms with Crippen LogP contribution in [0.4, 0.5) is 0 Å². The van der Waals surface area contributed by atoms with Gasteiger partial charge in [-0.05, 0) is 74.6 Å². The number of hydrogen-bond acceptors (Lipinski definition) is 4. The van der Waals surface area contributed by atoms with Crippen molar-refractivity contribution in [2.45, 2.75) is 44.6 Å². The number of carbonyl (C=O) groups is 1. The van der Waals surface area contributed by atoms with Gasteiger partial charge in [0.1, 0.15) is 5.75 Å². The van der Waals surface area contributed by atoms with Gasteiger partial charge in [0.15, 0.2) is 0 Å². The van der Waals surface area contributed by atoms with Crippen molar-refractivity contribution in [3.8, 4) is 11.8 Å². The van der Waals surface area contributed by atoms with Gasteiger partial charge in [0.05, 0.1) is 23.7 Å². The Morgan fingerprint density at radius 2 is 1.78 bits per heavy atom. The summed E-state index contributed by atoms with van der Waals surface area (Å²) in [5, 5.41) is 8.79. The number of methoxy groups -OCH3 is 1. The zero-order valence-corrected chi connectivity index (χ0v) is 13.5. The van der Waals surface area contributed by atoms with E-state index in [-0.39, 0.29) is 11.9 Å². The van der Waals surface area contributed by atoms with Crippen molar-refractivity contribution in [2.24, 2.45) is 17.8 Å². The van der Waals surface area contributed by atoms with Crippen LogP contribution < -0.4 is 4.74 Å². The number of fused-ring (bicyclic) bond motifs is 1. The predicted molar refractivity (Wildman–Crippen MR) is 85.8 cm³/mol. The van der Waals surface area contributed by atoms with E-state index in [4.69, 9.17) is 14.7 Å². The predicted octanol–water partition coefficient (Wildman–Crippen LogP) is 3.70. The molecule has 4 atom stereocenters. The van der Waals surface area contributed by atoms with E-state index in [1.54, 1.807) is 31.4 Å². The molecule has 122 valence electrons. The quantitative estimate of drug-likeness (QED) is 0.630. The van der Waals surface area contributed by atoms with Crippen LogP contribution >= 0.6 is 0 Å². The summed E-state index contributed by atoms with van der Waals surface area (Å²) < 4.78 is 11.0. The first-order valence-corrected chi connectivity index (χ1v) is 8.44. The molecule has 0 N–H and O–H groups in total. The molecule has 0 bridgehead atoms. The number of ether oxygens (including phenoxy) is 2. The van der Waals surface area contributed by atoms with Crippen LogP contribution in [0.2, 0.25) is 0 Å². The van der Waals surface area contributed by atoms with E-state index in [1.807, 2.05) is 0 Å². The Morgan fingerprint density at radius 1 is 1.09 bits per heavy atom. The average Bonchev–Trinajstić information content (AvgIpc) is 2.61. The summed E-state index contributed by atoms with van der Waals surface area (Å²) in [5.74, 6) is 1.74. The first-order valence-electron chi connectivity index (χ1n) is 8.44. The van der Waals surface area contributed by atoms with Gasteiger partial charge >= 0.3 is 5.97 Å². The lowest BCUT2D eigenvalue weighted by Crippen LogP contribution is -2.36. The number of rotatable bonds is 3. The minimum absolute atomic E-state index is 0.00554. The van der Waals surface area contributed by atoms with Gasteiger partial charge in [-0.2, -0.15) is 5.26 Å². The lowest BCUT2D eigenvalue weighted by molar-refractivity contribution is -0.141. The standard InChI is InChI=1S/C19H23NO3/c1-22-18-9-6-14-10-16(5-4-15(14)11-18)19(21)23-17-7-2-13(12-20)3-8-17/h2-3,7-8,14-16,18H,4-6,9-11H2,1H3/t14?,15-,16-,18?/m1/s1. The molecule has 1 aromatic carbocycles. The number of hydrogen-bond donors (Lipinski definition) is 0. The molecule has 2 unspecified atom stereocenters. The third kappa shape index (κ3) is 3.73. The number of esters is 1. The van der Waals surface area contributed by atoms with Crippen LogP contribution in [0.3, 0.4) is 0 Å². The van der Waals surface area contributed by atoms with Crippen LogP contribution in [0.25, 0.3) is 0 Å². The molecule has 2 aliphatic rings. The van der Waals surface area contributed by atoms with Gasteiger partial charge in [0.25, 0.3) is 0 Å². The van der Waals surface area contributed by atoms with Gasteiger partial charge in [-0.15, -0.1) is 0 Å². The molecular weight excluding hydrogens is 290 g/mol. The van der Waals surface area contributed by atoms with Crippen LogP contribution in [0.5, 0.6) is 5.75 Å². The Balaban J connectivity index is 1.56. The number of nitrogens with zero attached hydrogens (tertiary/aromatic N) is 1. The van der Waals surface area contributed by atoms with Crippen molar-refractivity contribution in [3.05, 3.63) is 29.8 Å². The van der Waals surface area contributed by atoms with Gasteiger partial charge in [0.2, 0.25) is 0 Å². The van der Waals surface area contributed by atoms with Crippen molar-refractivity contribution in [1.82, 2.24) is 0 Å². The highest BCUT2D eigenvalue weighted by Crippen LogP contribution is 2.43. The molecule has 0 radical (unpaired) electrons. The summed E-state index contributed by atoms with van der Waals surface area (Å²) in [6.45, 7) is 0. The minimum Gasteiger partial charge on any atom is -0.426 e. The monoisotopic (exact) mass is 313 g/mol. The highest BCUT2D eigenvalue weighted by molar-refractivity contribution is 5.75. The summed E-state index contributed by atoms with van der Waals surface area (Å²) in [6, 6.07) is 8.78. The number of carbonyl (C=O) groups excluding carboxylic acids is 1. The fraction of sp³-hybridized carbons (Fsp3) is 0.579. The van der Waals surface area contributed by atoms with Crippen LogP contribution in [0.15, 0.2) is 24.3 Å². The first-order chi connectivity index (χ1) is 11.2. The van der Waals surface area contributed by atoms with Crippen LogP contribution in [-0.2, 0) is 9.53 Å². The van der Waals surface area contributed by atoms with E-state index >= 15 is 0 Å². The molecule has 2 saturated carbocycles. The number of nitriles is 1. The Morgan fingerprint density at radius 3 is 2.48 bits per heavy atom. The maximum absolute atomic E-state index is 12.4. The van der Waals surface area contributed by atoms with Crippen LogP contribution in [-0.4, -0.2) is 19.2 Å². The molecule has 0 spiro atoms. The summed E-state index contributed by atoms with van der Waals surface area (Å²) in [7, 11) is 1.80. The second kappa shape index (κ2) is 7.14. The maximum atomic E-state index is 12.4. The van der Waals surface area contributed by atoms with Gasteiger partial charge in [-0.25, -0.2) is 0 Å². The largest absolute Gasteiger partial charge is 0.426 e. The van der Waals surface area contributed by atoms with E-state index in [0.29, 0.717) is 29.3 Å². The molecule has 2 aliphatic carbocycles. The van der Waals surface area contributed by atoms with E-state index in [9.17, 15) is 4.79 Å². The van der Waals surface area contributed by atoms with Crippen molar-refractivity contribution in [2.75, 3.05) is 7.11 Å². The molecule has 23 heavy (non-hydrogen) atoms. The third-order valence-electron chi connectivity index (χ3n) is 5.43. The molecule has 0 amide bonds. The Labute approximate surface area is 137 Å². The van der Waals surface area contributed by atoms with Crippen molar-refractivity contribution >= 4 is 5.97 Å². The maximum Gasteiger partial charge on any atom is 0.314 e. The van der Waals surface area contributed by atoms with Crippen molar-refractivity contribution < 1.29 is 14.3 Å². The van der Waals surface area contributed by atoms with Crippen molar-refractivity contribution in [1.29, 1.82) is 5.26 Å². The second-order valence-corrected chi connectivity index (χ2v) is 6.76. The highest BCUT2D eigenvalue weighted by Gasteiger charge is 2.38. The average molecular weight is 313 g/mol. The van der Waals surface area contributed by atoms with Gasteiger partial charge in [-0.3, -0.25) is 4.79 Å².